The summed E-state index contributed by atoms with van der Waals surface area (Å²) in [5.41, 5.74) is 0.912. The zero-order valence-corrected chi connectivity index (χ0v) is 15.1. The Bertz CT molecular complexity index is 635. The maximum Gasteiger partial charge on any atom is 0.239 e. The number of amides is 1. The van der Waals surface area contributed by atoms with Gasteiger partial charge in [-0.1, -0.05) is 24.3 Å². The first-order valence-electron chi connectivity index (χ1n) is 7.58. The molecule has 25 heavy (non-hydrogen) atoms. The van der Waals surface area contributed by atoms with Crippen molar-refractivity contribution in [3.05, 3.63) is 54.2 Å². The van der Waals surface area contributed by atoms with Gasteiger partial charge in [0.05, 0.1) is 13.2 Å². The van der Waals surface area contributed by atoms with Gasteiger partial charge in [0, 0.05) is 25.4 Å². The Hall–Kier alpha value is -1.86. The second-order valence-electron chi connectivity index (χ2n) is 5.22. The van der Waals surface area contributed by atoms with Crippen LogP contribution in [0, 0.1) is 0 Å². The number of halogens is 2. The van der Waals surface area contributed by atoms with Crippen LogP contribution >= 0.6 is 24.8 Å². The summed E-state index contributed by atoms with van der Waals surface area (Å²) >= 11 is 0. The number of pyridine rings is 1. The van der Waals surface area contributed by atoms with E-state index in [1.807, 2.05) is 36.4 Å². The lowest BCUT2D eigenvalue weighted by Gasteiger charge is -2.22. The fourth-order valence-corrected chi connectivity index (χ4v) is 2.23. The Morgan fingerprint density at radius 3 is 2.68 bits per heavy atom. The molecule has 1 aliphatic rings. The van der Waals surface area contributed by atoms with Crippen molar-refractivity contribution in [3.8, 4) is 11.6 Å². The van der Waals surface area contributed by atoms with Crippen molar-refractivity contribution in [2.45, 2.75) is 12.6 Å². The first-order chi connectivity index (χ1) is 11.3. The summed E-state index contributed by atoms with van der Waals surface area (Å²) in [5, 5.41) is 5.99. The molecule has 2 aromatic rings. The smallest absolute Gasteiger partial charge is 0.239 e. The van der Waals surface area contributed by atoms with Crippen molar-refractivity contribution in [3.63, 3.8) is 0 Å². The minimum Gasteiger partial charge on any atom is -0.439 e. The molecule has 0 spiro atoms. The lowest BCUT2D eigenvalue weighted by Crippen LogP contribution is -2.51. The zero-order valence-electron chi connectivity index (χ0n) is 13.5. The summed E-state index contributed by atoms with van der Waals surface area (Å²) in [6.07, 6.45) is 1.70. The summed E-state index contributed by atoms with van der Waals surface area (Å²) in [5.74, 6) is 1.20. The lowest BCUT2D eigenvalue weighted by molar-refractivity contribution is -0.126. The second-order valence-corrected chi connectivity index (χ2v) is 5.22. The Labute approximate surface area is 159 Å². The molecule has 0 bridgehead atoms. The predicted octanol–water partition coefficient (Wildman–Crippen LogP) is 2.32. The highest BCUT2D eigenvalue weighted by Crippen LogP contribution is 2.18. The van der Waals surface area contributed by atoms with E-state index < -0.39 is 0 Å². The van der Waals surface area contributed by atoms with Crippen LogP contribution in [0.15, 0.2) is 48.7 Å². The number of hydrogen-bond donors (Lipinski definition) is 2. The van der Waals surface area contributed by atoms with E-state index in [9.17, 15) is 4.79 Å². The molecule has 1 aromatic heterocycles. The minimum absolute atomic E-state index is 0. The molecule has 0 saturated carbocycles. The van der Waals surface area contributed by atoms with E-state index in [1.54, 1.807) is 12.3 Å². The van der Waals surface area contributed by atoms with E-state index in [-0.39, 0.29) is 36.8 Å². The molecule has 1 unspecified atom stereocenters. The highest BCUT2D eigenvalue weighted by molar-refractivity contribution is 5.85. The molecule has 1 aromatic carbocycles. The number of nitrogens with one attached hydrogen (secondary N) is 2. The van der Waals surface area contributed by atoms with Crippen molar-refractivity contribution < 1.29 is 14.3 Å². The molecule has 2 N–H and O–H groups in total. The number of para-hydroxylation sites is 1. The SMILES string of the molecule is Cl.Cl.O=C(NCc1ccc(Oc2ccccc2)nc1)C1COCCN1. The van der Waals surface area contributed by atoms with Gasteiger partial charge in [-0.05, 0) is 17.7 Å². The van der Waals surface area contributed by atoms with Crippen LogP contribution in [0.3, 0.4) is 0 Å². The van der Waals surface area contributed by atoms with Crippen molar-refractivity contribution in [2.75, 3.05) is 19.8 Å². The lowest BCUT2D eigenvalue weighted by atomic mass is 10.2. The molecule has 3 rings (SSSR count). The number of nitrogens with zero attached hydrogens (tertiary/aromatic N) is 1. The Balaban J connectivity index is 0.00000156. The Morgan fingerprint density at radius 2 is 2.04 bits per heavy atom. The molecule has 0 radical (unpaired) electrons. The summed E-state index contributed by atoms with van der Waals surface area (Å²) in [6.45, 7) is 2.19. The highest BCUT2D eigenvalue weighted by Gasteiger charge is 2.20. The predicted molar refractivity (Wildman–Crippen MR) is 99.7 cm³/mol. The molecule has 8 heteroatoms. The number of benzene rings is 1. The second kappa shape index (κ2) is 10.9. The first-order valence-corrected chi connectivity index (χ1v) is 7.58. The minimum atomic E-state index is -0.280. The fraction of sp³-hybridized carbons (Fsp3) is 0.294. The molecule has 1 fully saturated rings. The van der Waals surface area contributed by atoms with Crippen LogP contribution < -0.4 is 15.4 Å². The van der Waals surface area contributed by atoms with Gasteiger partial charge in [0.1, 0.15) is 11.8 Å². The molecule has 2 heterocycles. The quantitative estimate of drug-likeness (QED) is 0.825. The number of morpholine rings is 1. The molecule has 1 amide bonds. The highest BCUT2D eigenvalue weighted by atomic mass is 35.5. The van der Waals surface area contributed by atoms with Crippen LogP contribution in [0.2, 0.25) is 0 Å². The summed E-state index contributed by atoms with van der Waals surface area (Å²) < 4.78 is 10.9. The third-order valence-corrected chi connectivity index (χ3v) is 3.47. The fourth-order valence-electron chi connectivity index (χ4n) is 2.23. The van der Waals surface area contributed by atoms with Crippen molar-refractivity contribution >= 4 is 30.7 Å². The zero-order chi connectivity index (χ0) is 15.9. The standard InChI is InChI=1S/C17H19N3O3.2ClH/c21-17(15-12-22-9-8-18-15)20-11-13-6-7-16(19-10-13)23-14-4-2-1-3-5-14;;/h1-7,10,15,18H,8-9,11-12H2,(H,20,21);2*1H. The van der Waals surface area contributed by atoms with E-state index in [4.69, 9.17) is 9.47 Å². The summed E-state index contributed by atoms with van der Waals surface area (Å²) in [4.78, 5) is 16.2. The maximum atomic E-state index is 12.0. The largest absolute Gasteiger partial charge is 0.439 e. The van der Waals surface area contributed by atoms with Gasteiger partial charge >= 0.3 is 0 Å². The number of rotatable bonds is 5. The maximum absolute atomic E-state index is 12.0. The molecule has 6 nitrogen and oxygen atoms in total. The van der Waals surface area contributed by atoms with Crippen LogP contribution in [0.5, 0.6) is 11.6 Å². The molecular formula is C17H21Cl2N3O3. The summed E-state index contributed by atoms with van der Waals surface area (Å²) in [6, 6.07) is 12.9. The average molecular weight is 386 g/mol. The number of ether oxygens (including phenoxy) is 2. The van der Waals surface area contributed by atoms with Gasteiger partial charge in [0.25, 0.3) is 0 Å². The van der Waals surface area contributed by atoms with Gasteiger partial charge < -0.3 is 20.1 Å². The number of carbonyl (C=O) groups is 1. The first kappa shape index (κ1) is 21.2. The van der Waals surface area contributed by atoms with Crippen LogP contribution in [0.25, 0.3) is 0 Å². The van der Waals surface area contributed by atoms with Gasteiger partial charge in [-0.3, -0.25) is 4.79 Å². The molecule has 1 atom stereocenters. The Morgan fingerprint density at radius 1 is 1.24 bits per heavy atom. The van der Waals surface area contributed by atoms with Crippen LogP contribution in [-0.4, -0.2) is 36.7 Å². The molecule has 1 saturated heterocycles. The molecule has 0 aliphatic carbocycles. The van der Waals surface area contributed by atoms with Crippen LogP contribution in [0.4, 0.5) is 0 Å². The van der Waals surface area contributed by atoms with E-state index >= 15 is 0 Å². The van der Waals surface area contributed by atoms with E-state index in [0.29, 0.717) is 32.2 Å². The average Bonchev–Trinajstić information content (AvgIpc) is 2.62. The van der Waals surface area contributed by atoms with Gasteiger partial charge in [-0.2, -0.15) is 0 Å². The van der Waals surface area contributed by atoms with E-state index in [2.05, 4.69) is 15.6 Å². The molecule has 1 aliphatic heterocycles. The third-order valence-electron chi connectivity index (χ3n) is 3.47. The van der Waals surface area contributed by atoms with E-state index in [0.717, 1.165) is 11.3 Å². The van der Waals surface area contributed by atoms with Crippen molar-refractivity contribution in [1.82, 2.24) is 15.6 Å². The number of aromatic nitrogens is 1. The molecule has 136 valence electrons. The topological polar surface area (TPSA) is 72.5 Å². The normalized spacial score (nSPS) is 16.1. The summed E-state index contributed by atoms with van der Waals surface area (Å²) in [7, 11) is 0. The number of carbonyl (C=O) groups excluding carboxylic acids is 1. The monoisotopic (exact) mass is 385 g/mol. The molecular weight excluding hydrogens is 365 g/mol. The van der Waals surface area contributed by atoms with Crippen molar-refractivity contribution in [1.29, 1.82) is 0 Å². The van der Waals surface area contributed by atoms with Gasteiger partial charge in [0.15, 0.2) is 0 Å². The number of hydrogen-bond acceptors (Lipinski definition) is 5. The van der Waals surface area contributed by atoms with Crippen LogP contribution in [-0.2, 0) is 16.1 Å². The Kier molecular flexibility index (Phi) is 9.23. The van der Waals surface area contributed by atoms with Gasteiger partial charge in [0.2, 0.25) is 11.8 Å². The third kappa shape index (κ3) is 6.51. The van der Waals surface area contributed by atoms with Gasteiger partial charge in [-0.15, -0.1) is 24.8 Å². The van der Waals surface area contributed by atoms with Gasteiger partial charge in [-0.25, -0.2) is 4.98 Å². The van der Waals surface area contributed by atoms with Crippen LogP contribution in [0.1, 0.15) is 5.56 Å². The van der Waals surface area contributed by atoms with Crippen molar-refractivity contribution in [2.24, 2.45) is 0 Å². The van der Waals surface area contributed by atoms with E-state index in [1.165, 1.54) is 0 Å².